The summed E-state index contributed by atoms with van der Waals surface area (Å²) in [6.45, 7) is -0.0364. The van der Waals surface area contributed by atoms with Gasteiger partial charge in [-0.1, -0.05) is 48.5 Å². The molecule has 2 amide bonds. The summed E-state index contributed by atoms with van der Waals surface area (Å²) in [5, 5.41) is 3.02. The SMILES string of the molecule is COc1ccc(CN(C(=O)COc2ccc(S(=O)(=O)Nc3ccc(F)cc3)cc2)C(Cc2ccccc2)C(=O)NCCc2ccc(OC)c(OC)c2)cc1. The predicted octanol–water partition coefficient (Wildman–Crippen LogP) is 6.03. The molecule has 0 fully saturated rings. The molecule has 282 valence electrons. The van der Waals surface area contributed by atoms with Crippen molar-refractivity contribution in [2.75, 3.05) is 39.2 Å². The van der Waals surface area contributed by atoms with Crippen molar-refractivity contribution in [3.05, 3.63) is 144 Å². The molecule has 2 N–H and O–H groups in total. The minimum Gasteiger partial charge on any atom is -0.497 e. The van der Waals surface area contributed by atoms with Gasteiger partial charge in [-0.3, -0.25) is 14.3 Å². The molecule has 0 aliphatic carbocycles. The van der Waals surface area contributed by atoms with E-state index >= 15 is 0 Å². The van der Waals surface area contributed by atoms with Crippen LogP contribution >= 0.6 is 0 Å². The van der Waals surface area contributed by atoms with Crippen LogP contribution in [0.15, 0.2) is 126 Å². The fourth-order valence-corrected chi connectivity index (χ4v) is 6.70. The van der Waals surface area contributed by atoms with Crippen LogP contribution in [0.4, 0.5) is 10.1 Å². The normalized spacial score (nSPS) is 11.6. The molecule has 0 bridgehead atoms. The lowest BCUT2D eigenvalue weighted by molar-refractivity contribution is -0.142. The first-order valence-electron chi connectivity index (χ1n) is 17.0. The van der Waals surface area contributed by atoms with Crippen LogP contribution in [0.25, 0.3) is 0 Å². The number of anilines is 1. The van der Waals surface area contributed by atoms with Gasteiger partial charge in [0.2, 0.25) is 5.91 Å². The molecular weight excluding hydrogens is 714 g/mol. The first-order valence-corrected chi connectivity index (χ1v) is 18.5. The Morgan fingerprint density at radius 1 is 0.722 bits per heavy atom. The minimum atomic E-state index is -3.98. The van der Waals surface area contributed by atoms with Crippen LogP contribution in [0.5, 0.6) is 23.0 Å². The fraction of sp³-hybridized carbons (Fsp3) is 0.220. The summed E-state index contributed by atoms with van der Waals surface area (Å²) in [5.41, 5.74) is 2.76. The molecule has 0 aliphatic heterocycles. The summed E-state index contributed by atoms with van der Waals surface area (Å²) in [4.78, 5) is 29.6. The molecule has 0 aliphatic rings. The minimum absolute atomic E-state index is 0.0562. The van der Waals surface area contributed by atoms with Crippen LogP contribution in [-0.2, 0) is 39.0 Å². The van der Waals surface area contributed by atoms with Gasteiger partial charge in [0.05, 0.1) is 26.2 Å². The first kappa shape index (κ1) is 39.1. The molecule has 54 heavy (non-hydrogen) atoms. The van der Waals surface area contributed by atoms with Crippen molar-refractivity contribution >= 4 is 27.5 Å². The van der Waals surface area contributed by atoms with Gasteiger partial charge >= 0.3 is 0 Å². The maximum Gasteiger partial charge on any atom is 0.261 e. The van der Waals surface area contributed by atoms with E-state index < -0.39 is 34.4 Å². The van der Waals surface area contributed by atoms with Crippen LogP contribution in [0.1, 0.15) is 16.7 Å². The highest BCUT2D eigenvalue weighted by Gasteiger charge is 2.31. The van der Waals surface area contributed by atoms with Gasteiger partial charge in [0, 0.05) is 25.2 Å². The van der Waals surface area contributed by atoms with Crippen molar-refractivity contribution in [1.29, 1.82) is 0 Å². The first-order chi connectivity index (χ1) is 26.1. The Kier molecular flexibility index (Phi) is 13.5. The number of hydrogen-bond donors (Lipinski definition) is 2. The van der Waals surface area contributed by atoms with Crippen molar-refractivity contribution in [2.45, 2.75) is 30.3 Å². The number of rotatable bonds is 18. The Balaban J connectivity index is 1.34. The van der Waals surface area contributed by atoms with Gasteiger partial charge in [-0.05, 0) is 95.9 Å². The van der Waals surface area contributed by atoms with Gasteiger partial charge in [-0.25, -0.2) is 12.8 Å². The van der Waals surface area contributed by atoms with Crippen molar-refractivity contribution in [2.24, 2.45) is 0 Å². The standard InChI is InChI=1S/C41H42FN3O8S/c1-50-34-16-9-31(10-17-34)27-45(40(46)28-53-35-18-20-36(21-19-35)54(48,49)44-33-14-12-32(42)13-15-33)37(25-29-7-5-4-6-8-29)41(47)43-24-23-30-11-22-38(51-2)39(26-30)52-3/h4-22,26,37,44H,23-25,27-28H2,1-3H3,(H,43,47). The number of hydrogen-bond acceptors (Lipinski definition) is 8. The highest BCUT2D eigenvalue weighted by molar-refractivity contribution is 7.92. The highest BCUT2D eigenvalue weighted by Crippen LogP contribution is 2.28. The van der Waals surface area contributed by atoms with Crippen molar-refractivity contribution in [1.82, 2.24) is 10.2 Å². The molecule has 5 aromatic rings. The summed E-state index contributed by atoms with van der Waals surface area (Å²) in [7, 11) is 0.710. The molecule has 0 spiro atoms. The maximum atomic E-state index is 14.1. The van der Waals surface area contributed by atoms with Crippen molar-refractivity contribution in [3.63, 3.8) is 0 Å². The Bertz CT molecular complexity index is 2100. The van der Waals surface area contributed by atoms with E-state index in [0.717, 1.165) is 28.8 Å². The number of amides is 2. The van der Waals surface area contributed by atoms with Gasteiger partial charge < -0.3 is 29.2 Å². The number of benzene rings is 5. The van der Waals surface area contributed by atoms with Crippen molar-refractivity contribution in [3.8, 4) is 23.0 Å². The Labute approximate surface area is 314 Å². The highest BCUT2D eigenvalue weighted by atomic mass is 32.2. The quantitative estimate of drug-likeness (QED) is 0.111. The van der Waals surface area contributed by atoms with E-state index in [9.17, 15) is 22.4 Å². The number of ether oxygens (including phenoxy) is 4. The molecule has 1 atom stereocenters. The fourth-order valence-electron chi connectivity index (χ4n) is 5.64. The van der Waals surface area contributed by atoms with Gasteiger partial charge in [-0.2, -0.15) is 0 Å². The predicted molar refractivity (Wildman–Crippen MR) is 203 cm³/mol. The van der Waals surface area contributed by atoms with E-state index in [1.165, 1.54) is 41.3 Å². The Hall–Kier alpha value is -6.08. The molecule has 0 saturated heterocycles. The number of carbonyl (C=O) groups is 2. The van der Waals surface area contributed by atoms with Gasteiger partial charge in [-0.15, -0.1) is 0 Å². The Morgan fingerprint density at radius 2 is 1.37 bits per heavy atom. The summed E-state index contributed by atoms with van der Waals surface area (Å²) in [5.74, 6) is 0.774. The number of nitrogens with one attached hydrogen (secondary N) is 2. The van der Waals surface area contributed by atoms with E-state index in [4.69, 9.17) is 18.9 Å². The molecule has 5 aromatic carbocycles. The van der Waals surface area contributed by atoms with Crippen LogP contribution in [0, 0.1) is 5.82 Å². The van der Waals surface area contributed by atoms with E-state index in [-0.39, 0.29) is 35.2 Å². The van der Waals surface area contributed by atoms with Gasteiger partial charge in [0.1, 0.15) is 23.4 Å². The second kappa shape index (κ2) is 18.6. The number of halogens is 1. The maximum absolute atomic E-state index is 14.1. The number of carbonyl (C=O) groups excluding carboxylic acids is 2. The lowest BCUT2D eigenvalue weighted by atomic mass is 10.0. The lowest BCUT2D eigenvalue weighted by Gasteiger charge is -2.31. The number of nitrogens with zero attached hydrogens (tertiary/aromatic N) is 1. The molecule has 0 aromatic heterocycles. The third-order valence-corrected chi connectivity index (χ3v) is 9.93. The zero-order valence-electron chi connectivity index (χ0n) is 30.2. The molecule has 0 radical (unpaired) electrons. The van der Waals surface area contributed by atoms with Gasteiger partial charge in [0.25, 0.3) is 15.9 Å². The molecular formula is C41H42FN3O8S. The largest absolute Gasteiger partial charge is 0.497 e. The molecule has 0 heterocycles. The lowest BCUT2D eigenvalue weighted by Crippen LogP contribution is -2.52. The smallest absolute Gasteiger partial charge is 0.261 e. The monoisotopic (exact) mass is 755 g/mol. The summed E-state index contributed by atoms with van der Waals surface area (Å²) in [6, 6.07) is 31.8. The van der Waals surface area contributed by atoms with E-state index in [1.807, 2.05) is 54.6 Å². The van der Waals surface area contributed by atoms with E-state index in [0.29, 0.717) is 30.2 Å². The molecule has 0 saturated carbocycles. The molecule has 5 rings (SSSR count). The zero-order chi connectivity index (χ0) is 38.5. The second-order valence-corrected chi connectivity index (χ2v) is 13.9. The second-order valence-electron chi connectivity index (χ2n) is 12.2. The molecule has 1 unspecified atom stereocenters. The zero-order valence-corrected chi connectivity index (χ0v) is 31.0. The molecule has 11 nitrogen and oxygen atoms in total. The van der Waals surface area contributed by atoms with Crippen LogP contribution in [0.2, 0.25) is 0 Å². The van der Waals surface area contributed by atoms with E-state index in [2.05, 4.69) is 10.0 Å². The van der Waals surface area contributed by atoms with Gasteiger partial charge in [0.15, 0.2) is 18.1 Å². The summed E-state index contributed by atoms with van der Waals surface area (Å²) >= 11 is 0. The van der Waals surface area contributed by atoms with Crippen molar-refractivity contribution < 1.29 is 41.3 Å². The van der Waals surface area contributed by atoms with E-state index in [1.54, 1.807) is 39.5 Å². The Morgan fingerprint density at radius 3 is 2.02 bits per heavy atom. The summed E-state index contributed by atoms with van der Waals surface area (Å²) < 4.78 is 63.4. The summed E-state index contributed by atoms with van der Waals surface area (Å²) in [6.07, 6.45) is 0.739. The third-order valence-electron chi connectivity index (χ3n) is 8.54. The molecule has 13 heteroatoms. The average Bonchev–Trinajstić information content (AvgIpc) is 3.19. The van der Waals surface area contributed by atoms with Crippen LogP contribution in [0.3, 0.4) is 0 Å². The topological polar surface area (TPSA) is 132 Å². The number of sulfonamides is 1. The number of methoxy groups -OCH3 is 3. The van der Waals surface area contributed by atoms with Crippen LogP contribution < -0.4 is 29.0 Å². The third kappa shape index (κ3) is 10.7. The average molecular weight is 756 g/mol. The van der Waals surface area contributed by atoms with Crippen LogP contribution in [-0.4, -0.2) is 65.7 Å².